The number of carbonyl (C=O) groups excluding carboxylic acids is 1. The molecule has 4 heteroatoms. The molecule has 0 spiro atoms. The minimum Gasteiger partial charge on any atom is -0.350 e. The van der Waals surface area contributed by atoms with Crippen molar-refractivity contribution in [2.45, 2.75) is 6.54 Å². The first-order valence-corrected chi connectivity index (χ1v) is 7.61. The van der Waals surface area contributed by atoms with Crippen LogP contribution in [0.15, 0.2) is 65.3 Å². The second-order valence-corrected chi connectivity index (χ2v) is 5.75. The molecule has 1 amide bonds. The van der Waals surface area contributed by atoms with Crippen LogP contribution in [0.1, 0.15) is 10.4 Å². The summed E-state index contributed by atoms with van der Waals surface area (Å²) in [5.74, 6) is -0.0484. The number of amides is 1. The smallest absolute Gasteiger partial charge is 0.251 e. The lowest BCUT2D eigenvalue weighted by Crippen LogP contribution is -2.27. The van der Waals surface area contributed by atoms with Crippen molar-refractivity contribution in [2.24, 2.45) is 0 Å². The number of nitrogens with zero attached hydrogens (tertiary/aromatic N) is 1. The van der Waals surface area contributed by atoms with E-state index in [-0.39, 0.29) is 5.91 Å². The van der Waals surface area contributed by atoms with E-state index in [0.717, 1.165) is 11.0 Å². The third-order valence-corrected chi connectivity index (χ3v) is 3.90. The average Bonchev–Trinajstić information content (AvgIpc) is 2.91. The molecule has 3 aromatic rings. The molecule has 0 saturated heterocycles. The van der Waals surface area contributed by atoms with E-state index in [4.69, 9.17) is 0 Å². The van der Waals surface area contributed by atoms with E-state index >= 15 is 0 Å². The number of halogens is 1. The molecule has 3 nitrogen and oxygen atoms in total. The van der Waals surface area contributed by atoms with Gasteiger partial charge in [0.05, 0.1) is 0 Å². The summed E-state index contributed by atoms with van der Waals surface area (Å²) in [6, 6.07) is 17.7. The molecule has 1 heterocycles. The Balaban J connectivity index is 1.62. The van der Waals surface area contributed by atoms with E-state index in [1.807, 2.05) is 36.4 Å². The molecule has 21 heavy (non-hydrogen) atoms. The minimum absolute atomic E-state index is 0.0484. The van der Waals surface area contributed by atoms with Crippen LogP contribution in [0.2, 0.25) is 0 Å². The van der Waals surface area contributed by atoms with Gasteiger partial charge in [0.1, 0.15) is 0 Å². The van der Waals surface area contributed by atoms with Gasteiger partial charge in [0, 0.05) is 34.8 Å². The second-order valence-electron chi connectivity index (χ2n) is 4.83. The number of rotatable bonds is 4. The summed E-state index contributed by atoms with van der Waals surface area (Å²) in [6.45, 7) is 1.36. The molecule has 0 saturated carbocycles. The lowest BCUT2D eigenvalue weighted by Gasteiger charge is -2.08. The molecule has 0 aliphatic carbocycles. The van der Waals surface area contributed by atoms with Crippen LogP contribution in [0.5, 0.6) is 0 Å². The monoisotopic (exact) mass is 342 g/mol. The first kappa shape index (κ1) is 13.9. The Kier molecular flexibility index (Phi) is 4.06. The van der Waals surface area contributed by atoms with E-state index < -0.39 is 0 Å². The molecule has 2 aromatic carbocycles. The lowest BCUT2D eigenvalue weighted by atomic mass is 10.2. The molecular weight excluding hydrogens is 328 g/mol. The highest BCUT2D eigenvalue weighted by molar-refractivity contribution is 9.10. The van der Waals surface area contributed by atoms with Crippen molar-refractivity contribution in [3.8, 4) is 0 Å². The summed E-state index contributed by atoms with van der Waals surface area (Å²) in [5.41, 5.74) is 1.86. The van der Waals surface area contributed by atoms with Gasteiger partial charge in [0.15, 0.2) is 0 Å². The van der Waals surface area contributed by atoms with Crippen molar-refractivity contribution < 1.29 is 4.79 Å². The Morgan fingerprint density at radius 3 is 2.81 bits per heavy atom. The number of carbonyl (C=O) groups is 1. The molecule has 0 unspecified atom stereocenters. The zero-order chi connectivity index (χ0) is 14.7. The number of aromatic nitrogens is 1. The van der Waals surface area contributed by atoms with E-state index in [0.29, 0.717) is 12.1 Å². The van der Waals surface area contributed by atoms with Gasteiger partial charge in [0.2, 0.25) is 0 Å². The zero-order valence-electron chi connectivity index (χ0n) is 11.4. The fraction of sp³-hybridized carbons (Fsp3) is 0.118. The van der Waals surface area contributed by atoms with E-state index in [2.05, 4.69) is 50.2 Å². The summed E-state index contributed by atoms with van der Waals surface area (Å²) in [5, 5.41) is 4.17. The predicted octanol–water partition coefficient (Wildman–Crippen LogP) is 3.83. The molecule has 106 valence electrons. The van der Waals surface area contributed by atoms with Crippen LogP contribution in [0.3, 0.4) is 0 Å². The van der Waals surface area contributed by atoms with Crippen LogP contribution in [0.25, 0.3) is 10.9 Å². The van der Waals surface area contributed by atoms with Crippen molar-refractivity contribution in [3.05, 3.63) is 70.8 Å². The highest BCUT2D eigenvalue weighted by Crippen LogP contribution is 2.14. The number of para-hydroxylation sites is 1. The number of nitrogens with one attached hydrogen (secondary N) is 1. The van der Waals surface area contributed by atoms with Crippen LogP contribution in [0.4, 0.5) is 0 Å². The van der Waals surface area contributed by atoms with Gasteiger partial charge in [-0.1, -0.05) is 40.2 Å². The highest BCUT2D eigenvalue weighted by atomic mass is 79.9. The number of fused-ring (bicyclic) bond motifs is 1. The molecule has 0 fully saturated rings. The van der Waals surface area contributed by atoms with Crippen molar-refractivity contribution in [3.63, 3.8) is 0 Å². The normalized spacial score (nSPS) is 10.7. The van der Waals surface area contributed by atoms with Crippen LogP contribution in [-0.4, -0.2) is 17.0 Å². The van der Waals surface area contributed by atoms with Gasteiger partial charge in [-0.05, 0) is 35.7 Å². The zero-order valence-corrected chi connectivity index (χ0v) is 13.0. The Hall–Kier alpha value is -2.07. The minimum atomic E-state index is -0.0484. The van der Waals surface area contributed by atoms with Crippen LogP contribution in [0, 0.1) is 0 Å². The number of hydrogen-bond acceptors (Lipinski definition) is 1. The number of hydrogen-bond donors (Lipinski definition) is 1. The van der Waals surface area contributed by atoms with Crippen molar-refractivity contribution in [1.29, 1.82) is 0 Å². The van der Waals surface area contributed by atoms with Gasteiger partial charge < -0.3 is 9.88 Å². The maximum absolute atomic E-state index is 12.0. The van der Waals surface area contributed by atoms with Gasteiger partial charge in [-0.25, -0.2) is 0 Å². The molecule has 0 aliphatic heterocycles. The van der Waals surface area contributed by atoms with Gasteiger partial charge in [-0.3, -0.25) is 4.79 Å². The Morgan fingerprint density at radius 1 is 1.10 bits per heavy atom. The molecule has 0 radical (unpaired) electrons. The number of benzene rings is 2. The molecule has 1 N–H and O–H groups in total. The maximum Gasteiger partial charge on any atom is 0.251 e. The summed E-state index contributed by atoms with van der Waals surface area (Å²) >= 11 is 3.37. The second kappa shape index (κ2) is 6.14. The van der Waals surface area contributed by atoms with Crippen LogP contribution in [-0.2, 0) is 6.54 Å². The molecule has 1 aromatic heterocycles. The van der Waals surface area contributed by atoms with Crippen molar-refractivity contribution >= 4 is 32.7 Å². The molecule has 3 rings (SSSR count). The predicted molar refractivity (Wildman–Crippen MR) is 88.4 cm³/mol. The van der Waals surface area contributed by atoms with Crippen molar-refractivity contribution in [2.75, 3.05) is 6.54 Å². The fourth-order valence-electron chi connectivity index (χ4n) is 2.36. The highest BCUT2D eigenvalue weighted by Gasteiger charge is 2.05. The first-order valence-electron chi connectivity index (χ1n) is 6.82. The van der Waals surface area contributed by atoms with Gasteiger partial charge in [-0.15, -0.1) is 0 Å². The van der Waals surface area contributed by atoms with Gasteiger partial charge >= 0.3 is 0 Å². The van der Waals surface area contributed by atoms with E-state index in [9.17, 15) is 4.79 Å². The summed E-state index contributed by atoms with van der Waals surface area (Å²) < 4.78 is 3.06. The third kappa shape index (κ3) is 3.16. The summed E-state index contributed by atoms with van der Waals surface area (Å²) in [4.78, 5) is 12.0. The standard InChI is InChI=1S/C17H15BrN2O/c18-15-6-3-5-14(12-15)17(21)19-9-11-20-10-8-13-4-1-2-7-16(13)20/h1-8,10,12H,9,11H2,(H,19,21). The first-order chi connectivity index (χ1) is 10.2. The molecule has 0 bridgehead atoms. The van der Waals surface area contributed by atoms with Crippen LogP contribution >= 0.6 is 15.9 Å². The Bertz CT molecular complexity index is 779. The molecule has 0 atom stereocenters. The molecule has 0 aliphatic rings. The Labute approximate surface area is 131 Å². The van der Waals surface area contributed by atoms with Gasteiger partial charge in [-0.2, -0.15) is 0 Å². The Morgan fingerprint density at radius 2 is 1.95 bits per heavy atom. The summed E-state index contributed by atoms with van der Waals surface area (Å²) in [7, 11) is 0. The topological polar surface area (TPSA) is 34.0 Å². The average molecular weight is 343 g/mol. The fourth-order valence-corrected chi connectivity index (χ4v) is 2.76. The summed E-state index contributed by atoms with van der Waals surface area (Å²) in [6.07, 6.45) is 2.05. The van der Waals surface area contributed by atoms with Gasteiger partial charge in [0.25, 0.3) is 5.91 Å². The SMILES string of the molecule is O=C(NCCn1ccc2ccccc21)c1cccc(Br)c1. The van der Waals surface area contributed by atoms with E-state index in [1.54, 1.807) is 0 Å². The van der Waals surface area contributed by atoms with E-state index in [1.165, 1.54) is 10.9 Å². The van der Waals surface area contributed by atoms with Crippen molar-refractivity contribution in [1.82, 2.24) is 9.88 Å². The maximum atomic E-state index is 12.0. The largest absolute Gasteiger partial charge is 0.350 e. The lowest BCUT2D eigenvalue weighted by molar-refractivity contribution is 0.0952. The quantitative estimate of drug-likeness (QED) is 0.767. The molecular formula is C17H15BrN2O. The third-order valence-electron chi connectivity index (χ3n) is 3.41. The van der Waals surface area contributed by atoms with Crippen LogP contribution < -0.4 is 5.32 Å².